The quantitative estimate of drug-likeness (QED) is 0.322. The number of thiophene rings is 1. The molecule has 0 aromatic carbocycles. The van der Waals surface area contributed by atoms with Crippen LogP contribution in [-0.2, 0) is 30.7 Å². The lowest BCUT2D eigenvalue weighted by molar-refractivity contribution is -0.118. The fourth-order valence-corrected chi connectivity index (χ4v) is 6.25. The third-order valence-electron chi connectivity index (χ3n) is 5.65. The maximum absolute atomic E-state index is 13.6. The molecule has 0 spiro atoms. The largest absolute Gasteiger partial charge is 0.467 e. The summed E-state index contributed by atoms with van der Waals surface area (Å²) in [6, 6.07) is 7.23. The van der Waals surface area contributed by atoms with Crippen LogP contribution in [0.3, 0.4) is 0 Å². The summed E-state index contributed by atoms with van der Waals surface area (Å²) in [6.07, 6.45) is 6.16. The van der Waals surface area contributed by atoms with Gasteiger partial charge >= 0.3 is 0 Å². The zero-order valence-electron chi connectivity index (χ0n) is 17.6. The lowest BCUT2D eigenvalue weighted by Crippen LogP contribution is -2.27. The number of aryl methyl sites for hydroxylation is 1. The fourth-order valence-electron chi connectivity index (χ4n) is 3.99. The van der Waals surface area contributed by atoms with Gasteiger partial charge in [-0.05, 0) is 55.0 Å². The van der Waals surface area contributed by atoms with Gasteiger partial charge in [0.15, 0.2) is 5.16 Å². The highest BCUT2D eigenvalue weighted by atomic mass is 32.2. The molecule has 5 rings (SSSR count). The van der Waals surface area contributed by atoms with Gasteiger partial charge in [-0.1, -0.05) is 18.7 Å². The van der Waals surface area contributed by atoms with Crippen molar-refractivity contribution in [3.8, 4) is 0 Å². The monoisotopic (exact) mass is 469 g/mol. The summed E-state index contributed by atoms with van der Waals surface area (Å²) in [7, 11) is 0. The van der Waals surface area contributed by atoms with Crippen LogP contribution in [0.4, 0.5) is 0 Å². The second-order valence-corrected chi connectivity index (χ2v) is 10.1. The highest BCUT2D eigenvalue weighted by Crippen LogP contribution is 2.36. The number of amides is 1. The Morgan fingerprint density at radius 2 is 2.06 bits per heavy atom. The normalized spacial score (nSPS) is 15.7. The number of hydrogen-bond donors (Lipinski definition) is 1. The number of aromatic nitrogens is 2. The Labute approximate surface area is 192 Å². The third kappa shape index (κ3) is 4.27. The Bertz CT molecular complexity index is 1290. The summed E-state index contributed by atoms with van der Waals surface area (Å²) in [5.41, 5.74) is 1.10. The van der Waals surface area contributed by atoms with Crippen LogP contribution in [0.2, 0.25) is 0 Å². The number of nitrogens with zero attached hydrogens (tertiary/aromatic N) is 2. The van der Waals surface area contributed by atoms with Crippen LogP contribution < -0.4 is 10.9 Å². The number of nitrogens with one attached hydrogen (secondary N) is 1. The third-order valence-corrected chi connectivity index (χ3v) is 7.77. The van der Waals surface area contributed by atoms with Gasteiger partial charge in [-0.25, -0.2) is 4.98 Å². The molecule has 166 valence electrons. The minimum Gasteiger partial charge on any atom is -0.467 e. The van der Waals surface area contributed by atoms with E-state index in [4.69, 9.17) is 13.8 Å². The van der Waals surface area contributed by atoms with Gasteiger partial charge in [0.25, 0.3) is 5.56 Å². The van der Waals surface area contributed by atoms with Gasteiger partial charge in [-0.3, -0.25) is 14.2 Å². The smallest absolute Gasteiger partial charge is 0.263 e. The predicted molar refractivity (Wildman–Crippen MR) is 124 cm³/mol. The van der Waals surface area contributed by atoms with E-state index in [1.165, 1.54) is 16.6 Å². The summed E-state index contributed by atoms with van der Waals surface area (Å²) >= 11 is 2.88. The molecule has 0 bridgehead atoms. The van der Waals surface area contributed by atoms with Gasteiger partial charge in [0.05, 0.1) is 36.8 Å². The number of hydrogen-bond acceptors (Lipinski definition) is 7. The van der Waals surface area contributed by atoms with E-state index in [1.807, 2.05) is 12.1 Å². The lowest BCUT2D eigenvalue weighted by Gasteiger charge is -2.17. The Hall–Kier alpha value is -2.78. The van der Waals surface area contributed by atoms with Crippen LogP contribution in [0.25, 0.3) is 10.2 Å². The molecule has 7 nitrogen and oxygen atoms in total. The van der Waals surface area contributed by atoms with E-state index in [9.17, 15) is 9.59 Å². The molecule has 0 saturated heterocycles. The van der Waals surface area contributed by atoms with Crippen LogP contribution in [-0.4, -0.2) is 21.2 Å². The van der Waals surface area contributed by atoms with Gasteiger partial charge in [0.2, 0.25) is 5.91 Å². The molecule has 0 saturated carbocycles. The first kappa shape index (κ1) is 21.1. The molecule has 4 aromatic rings. The number of thioether (sulfide) groups is 1. The number of carbonyl (C=O) groups excluding carboxylic acids is 1. The Balaban J connectivity index is 1.44. The van der Waals surface area contributed by atoms with Crippen LogP contribution in [0.15, 0.2) is 55.6 Å². The lowest BCUT2D eigenvalue weighted by atomic mass is 9.89. The average molecular weight is 470 g/mol. The SMILES string of the molecule is CC1CCc2c(sc3nc(SCC(=O)NCc4ccco4)n(Cc4ccco4)c(=O)c23)C1. The Kier molecular flexibility index (Phi) is 5.93. The highest BCUT2D eigenvalue weighted by molar-refractivity contribution is 7.99. The number of fused-ring (bicyclic) bond motifs is 3. The average Bonchev–Trinajstić information content (AvgIpc) is 3.53. The van der Waals surface area contributed by atoms with Crippen LogP contribution in [0.1, 0.15) is 35.3 Å². The van der Waals surface area contributed by atoms with Gasteiger partial charge in [-0.15, -0.1) is 11.3 Å². The predicted octanol–water partition coefficient (Wildman–Crippen LogP) is 4.23. The first-order valence-electron chi connectivity index (χ1n) is 10.6. The second-order valence-electron chi connectivity index (χ2n) is 8.04. The van der Waals surface area contributed by atoms with E-state index in [0.717, 1.165) is 35.0 Å². The molecular weight excluding hydrogens is 446 g/mol. The van der Waals surface area contributed by atoms with Crippen molar-refractivity contribution in [1.29, 1.82) is 0 Å². The zero-order valence-corrected chi connectivity index (χ0v) is 19.3. The minimum absolute atomic E-state index is 0.0584. The van der Waals surface area contributed by atoms with E-state index in [0.29, 0.717) is 29.1 Å². The van der Waals surface area contributed by atoms with E-state index >= 15 is 0 Å². The molecule has 0 fully saturated rings. The van der Waals surface area contributed by atoms with Crippen molar-refractivity contribution in [2.75, 3.05) is 5.75 Å². The van der Waals surface area contributed by atoms with Crippen LogP contribution in [0, 0.1) is 5.92 Å². The second kappa shape index (κ2) is 8.99. The van der Waals surface area contributed by atoms with Crippen molar-refractivity contribution in [2.45, 2.75) is 44.4 Å². The van der Waals surface area contributed by atoms with Crippen molar-refractivity contribution in [3.05, 3.63) is 69.1 Å². The van der Waals surface area contributed by atoms with Gasteiger partial charge < -0.3 is 14.2 Å². The molecule has 4 aromatic heterocycles. The first-order valence-corrected chi connectivity index (χ1v) is 12.4. The standard InChI is InChI=1S/C23H23N3O4S2/c1-14-6-7-17-18(10-14)32-21-20(17)22(28)26(12-16-5-3-9-30-16)23(25-21)31-13-19(27)24-11-15-4-2-8-29-15/h2-5,8-9,14H,6-7,10-13H2,1H3,(H,24,27). The Morgan fingerprint density at radius 3 is 2.81 bits per heavy atom. The van der Waals surface area contributed by atoms with Crippen molar-refractivity contribution in [3.63, 3.8) is 0 Å². The van der Waals surface area contributed by atoms with Gasteiger partial charge in [0.1, 0.15) is 16.4 Å². The molecule has 0 radical (unpaired) electrons. The van der Waals surface area contributed by atoms with Crippen molar-refractivity contribution in [2.24, 2.45) is 5.92 Å². The van der Waals surface area contributed by atoms with Crippen molar-refractivity contribution >= 4 is 39.2 Å². The molecule has 1 unspecified atom stereocenters. The molecule has 0 aliphatic heterocycles. The maximum atomic E-state index is 13.6. The topological polar surface area (TPSA) is 90.3 Å². The fraction of sp³-hybridized carbons (Fsp3) is 0.348. The molecule has 1 aliphatic rings. The van der Waals surface area contributed by atoms with Gasteiger partial charge in [-0.2, -0.15) is 0 Å². The molecular formula is C23H23N3O4S2. The van der Waals surface area contributed by atoms with E-state index in [1.54, 1.807) is 40.6 Å². The number of rotatable bonds is 7. The number of furan rings is 2. The first-order chi connectivity index (χ1) is 15.6. The van der Waals surface area contributed by atoms with Crippen molar-refractivity contribution < 1.29 is 13.6 Å². The molecule has 9 heteroatoms. The minimum atomic E-state index is -0.149. The maximum Gasteiger partial charge on any atom is 0.263 e. The van der Waals surface area contributed by atoms with Crippen LogP contribution in [0.5, 0.6) is 0 Å². The summed E-state index contributed by atoms with van der Waals surface area (Å²) < 4.78 is 12.4. The summed E-state index contributed by atoms with van der Waals surface area (Å²) in [5.74, 6) is 1.99. The summed E-state index contributed by atoms with van der Waals surface area (Å²) in [5, 5.41) is 4.09. The highest BCUT2D eigenvalue weighted by Gasteiger charge is 2.25. The summed E-state index contributed by atoms with van der Waals surface area (Å²) in [6.45, 7) is 2.86. The van der Waals surface area contributed by atoms with Crippen LogP contribution >= 0.6 is 23.1 Å². The molecule has 1 N–H and O–H groups in total. The zero-order chi connectivity index (χ0) is 22.1. The van der Waals surface area contributed by atoms with E-state index < -0.39 is 0 Å². The van der Waals surface area contributed by atoms with E-state index in [-0.39, 0.29) is 23.8 Å². The van der Waals surface area contributed by atoms with Gasteiger partial charge in [0, 0.05) is 4.88 Å². The summed E-state index contributed by atoms with van der Waals surface area (Å²) in [4.78, 5) is 32.8. The molecule has 1 atom stereocenters. The van der Waals surface area contributed by atoms with E-state index in [2.05, 4.69) is 12.2 Å². The molecule has 4 heterocycles. The Morgan fingerprint density at radius 1 is 1.28 bits per heavy atom. The molecule has 32 heavy (non-hydrogen) atoms. The molecule has 1 amide bonds. The number of carbonyl (C=O) groups is 1. The molecule has 1 aliphatic carbocycles. The van der Waals surface area contributed by atoms with Crippen molar-refractivity contribution in [1.82, 2.24) is 14.9 Å².